The summed E-state index contributed by atoms with van der Waals surface area (Å²) in [6.07, 6.45) is -1.11. The molecular formula is C11H8F2O3. The predicted molar refractivity (Wildman–Crippen MR) is 48.6 cm³/mol. The zero-order valence-electron chi connectivity index (χ0n) is 8.20. The highest BCUT2D eigenvalue weighted by atomic mass is 19.2. The molecule has 0 N–H and O–H groups in total. The lowest BCUT2D eigenvalue weighted by molar-refractivity contribution is -0.190. The zero-order chi connectivity index (χ0) is 11.3. The molecule has 1 saturated heterocycles. The van der Waals surface area contributed by atoms with Gasteiger partial charge in [-0.3, -0.25) is 4.79 Å². The summed E-state index contributed by atoms with van der Waals surface area (Å²) in [6.45, 7) is 0.0134. The molecule has 1 aliphatic heterocycles. The number of carbonyl (C=O) groups is 1. The van der Waals surface area contributed by atoms with Gasteiger partial charge in [-0.2, -0.15) is 0 Å². The average Bonchev–Trinajstić information content (AvgIpc) is 2.23. The molecule has 1 aromatic carbocycles. The molecule has 1 heterocycles. The monoisotopic (exact) mass is 226 g/mol. The quantitative estimate of drug-likeness (QED) is 0.672. The fourth-order valence-corrected chi connectivity index (χ4v) is 2.15. The molecule has 2 bridgehead atoms. The van der Waals surface area contributed by atoms with Gasteiger partial charge < -0.3 is 9.47 Å². The Bertz CT molecular complexity index is 473. The summed E-state index contributed by atoms with van der Waals surface area (Å²) >= 11 is 0. The van der Waals surface area contributed by atoms with E-state index in [1.165, 1.54) is 0 Å². The Morgan fingerprint density at radius 3 is 2.75 bits per heavy atom. The number of fused-ring (bicyclic) bond motifs is 4. The largest absolute Gasteiger partial charge is 0.344 e. The first-order chi connectivity index (χ1) is 7.66. The van der Waals surface area contributed by atoms with Gasteiger partial charge in [0.05, 0.1) is 0 Å². The van der Waals surface area contributed by atoms with Gasteiger partial charge in [-0.15, -0.1) is 0 Å². The molecule has 2 atom stereocenters. The van der Waals surface area contributed by atoms with Crippen LogP contribution in [-0.2, 0) is 20.7 Å². The molecule has 16 heavy (non-hydrogen) atoms. The summed E-state index contributed by atoms with van der Waals surface area (Å²) in [5.74, 6) is -2.09. The first kappa shape index (κ1) is 9.86. The van der Waals surface area contributed by atoms with Crippen molar-refractivity contribution in [3.8, 4) is 0 Å². The van der Waals surface area contributed by atoms with E-state index in [4.69, 9.17) is 9.47 Å². The maximum Gasteiger partial charge on any atom is 0.195 e. The third kappa shape index (κ3) is 1.28. The normalized spacial score (nSPS) is 27.8. The second-order valence-corrected chi connectivity index (χ2v) is 3.89. The molecule has 1 aliphatic carbocycles. The molecule has 5 heteroatoms. The zero-order valence-corrected chi connectivity index (χ0v) is 8.20. The van der Waals surface area contributed by atoms with Crippen molar-refractivity contribution in [3.05, 3.63) is 34.9 Å². The summed E-state index contributed by atoms with van der Waals surface area (Å²) in [7, 11) is 0. The Kier molecular flexibility index (Phi) is 2.05. The fourth-order valence-electron chi connectivity index (χ4n) is 2.15. The number of benzene rings is 1. The summed E-state index contributed by atoms with van der Waals surface area (Å²) < 4.78 is 36.3. The van der Waals surface area contributed by atoms with E-state index in [1.807, 2.05) is 0 Å². The molecule has 0 spiro atoms. The van der Waals surface area contributed by atoms with Gasteiger partial charge in [0.2, 0.25) is 0 Å². The van der Waals surface area contributed by atoms with Crippen LogP contribution in [0.4, 0.5) is 8.78 Å². The number of ether oxygens (including phenoxy) is 2. The van der Waals surface area contributed by atoms with E-state index in [2.05, 4.69) is 0 Å². The number of rotatable bonds is 0. The highest BCUT2D eigenvalue weighted by molar-refractivity contribution is 5.91. The molecule has 3 nitrogen and oxygen atoms in total. The van der Waals surface area contributed by atoms with E-state index in [0.29, 0.717) is 11.1 Å². The van der Waals surface area contributed by atoms with E-state index >= 15 is 0 Å². The van der Waals surface area contributed by atoms with Gasteiger partial charge in [-0.1, -0.05) is 0 Å². The molecule has 3 rings (SSSR count). The summed E-state index contributed by atoms with van der Waals surface area (Å²) in [5, 5.41) is 0. The van der Waals surface area contributed by atoms with Crippen LogP contribution in [-0.4, -0.2) is 18.7 Å². The van der Waals surface area contributed by atoms with Crippen molar-refractivity contribution in [2.45, 2.75) is 18.6 Å². The molecule has 0 aromatic heterocycles. The number of Topliss-reactive ketones (excluding diaryl/α,β-unsaturated/α-hetero) is 1. The van der Waals surface area contributed by atoms with Gasteiger partial charge in [-0.25, -0.2) is 8.78 Å². The molecule has 0 saturated carbocycles. The van der Waals surface area contributed by atoms with Crippen LogP contribution in [0.25, 0.3) is 0 Å². The number of ketones is 1. The second kappa shape index (κ2) is 3.33. The van der Waals surface area contributed by atoms with Gasteiger partial charge in [-0.05, 0) is 23.3 Å². The number of carbonyl (C=O) groups excluding carboxylic acids is 1. The summed E-state index contributed by atoms with van der Waals surface area (Å²) in [6, 6.07) is 2.14. The number of hydrogen-bond donors (Lipinski definition) is 0. The predicted octanol–water partition coefficient (Wildman–Crippen LogP) is 1.50. The summed E-state index contributed by atoms with van der Waals surface area (Å²) in [5.41, 5.74) is 0.997. The molecule has 2 unspecified atom stereocenters. The van der Waals surface area contributed by atoms with E-state index in [9.17, 15) is 13.6 Å². The first-order valence-electron chi connectivity index (χ1n) is 4.91. The third-order valence-corrected chi connectivity index (χ3v) is 2.95. The maximum atomic E-state index is 13.1. The Labute approximate surface area is 90.0 Å². The maximum absolute atomic E-state index is 13.1. The molecule has 1 aromatic rings. The Hall–Kier alpha value is -1.33. The van der Waals surface area contributed by atoms with Crippen LogP contribution in [0.2, 0.25) is 0 Å². The highest BCUT2D eigenvalue weighted by Crippen LogP contribution is 2.35. The van der Waals surface area contributed by atoms with Gasteiger partial charge in [0, 0.05) is 6.42 Å². The summed E-state index contributed by atoms with van der Waals surface area (Å²) in [4.78, 5) is 11.7. The van der Waals surface area contributed by atoms with E-state index in [0.717, 1.165) is 12.1 Å². The molecular weight excluding hydrogens is 218 g/mol. The average molecular weight is 226 g/mol. The van der Waals surface area contributed by atoms with Crippen molar-refractivity contribution in [1.82, 2.24) is 0 Å². The van der Waals surface area contributed by atoms with Crippen LogP contribution < -0.4 is 0 Å². The van der Waals surface area contributed by atoms with Gasteiger partial charge >= 0.3 is 0 Å². The van der Waals surface area contributed by atoms with E-state index in [1.54, 1.807) is 0 Å². The first-order valence-corrected chi connectivity index (χ1v) is 4.91. The minimum atomic E-state index is -0.958. The van der Waals surface area contributed by atoms with Crippen molar-refractivity contribution in [3.63, 3.8) is 0 Å². The molecule has 2 aliphatic rings. The lowest BCUT2D eigenvalue weighted by Crippen LogP contribution is -2.42. The lowest BCUT2D eigenvalue weighted by atomic mass is 9.85. The standard InChI is InChI=1S/C11H8F2O3/c12-7-1-5-2-9-10(14)11(16-4-15-9)6(5)3-8(7)13/h1,3,9,11H,2,4H2. The Morgan fingerprint density at radius 1 is 1.19 bits per heavy atom. The van der Waals surface area contributed by atoms with Gasteiger partial charge in [0.15, 0.2) is 17.4 Å². The van der Waals surface area contributed by atoms with Crippen molar-refractivity contribution in [1.29, 1.82) is 0 Å². The van der Waals surface area contributed by atoms with Crippen LogP contribution in [0.1, 0.15) is 17.2 Å². The molecule has 84 valence electrons. The topological polar surface area (TPSA) is 35.5 Å². The minimum Gasteiger partial charge on any atom is -0.344 e. The molecule has 0 amide bonds. The molecule has 1 fully saturated rings. The lowest BCUT2D eigenvalue weighted by Gasteiger charge is -2.34. The number of hydrogen-bond acceptors (Lipinski definition) is 3. The van der Waals surface area contributed by atoms with Crippen LogP contribution in [0, 0.1) is 11.6 Å². The number of halogens is 2. The SMILES string of the molecule is O=C1C2Cc3cc(F)c(F)cc3C1OCO2. The minimum absolute atomic E-state index is 0.0134. The van der Waals surface area contributed by atoms with Crippen LogP contribution in [0.5, 0.6) is 0 Å². The van der Waals surface area contributed by atoms with Crippen LogP contribution in [0.3, 0.4) is 0 Å². The Balaban J connectivity index is 2.15. The van der Waals surface area contributed by atoms with Crippen molar-refractivity contribution >= 4 is 5.78 Å². The van der Waals surface area contributed by atoms with E-state index in [-0.39, 0.29) is 19.0 Å². The third-order valence-electron chi connectivity index (χ3n) is 2.95. The smallest absolute Gasteiger partial charge is 0.195 e. The van der Waals surface area contributed by atoms with Gasteiger partial charge in [0.25, 0.3) is 0 Å². The van der Waals surface area contributed by atoms with Crippen LogP contribution in [0.15, 0.2) is 12.1 Å². The van der Waals surface area contributed by atoms with Crippen molar-refractivity contribution < 1.29 is 23.0 Å². The molecule has 0 radical (unpaired) electrons. The van der Waals surface area contributed by atoms with Gasteiger partial charge in [0.1, 0.15) is 19.0 Å². The van der Waals surface area contributed by atoms with Crippen molar-refractivity contribution in [2.75, 3.05) is 6.79 Å². The van der Waals surface area contributed by atoms with Crippen LogP contribution >= 0.6 is 0 Å². The highest BCUT2D eigenvalue weighted by Gasteiger charge is 2.40. The fraction of sp³-hybridized carbons (Fsp3) is 0.364. The second-order valence-electron chi connectivity index (χ2n) is 3.89. The van der Waals surface area contributed by atoms with E-state index < -0.39 is 23.8 Å². The van der Waals surface area contributed by atoms with Crippen molar-refractivity contribution in [2.24, 2.45) is 0 Å². The Morgan fingerprint density at radius 2 is 1.94 bits per heavy atom.